The van der Waals surface area contributed by atoms with Crippen LogP contribution in [0.15, 0.2) is 47.0 Å². The maximum Gasteiger partial charge on any atom is 0.274 e. The highest BCUT2D eigenvalue weighted by molar-refractivity contribution is 7.89. The molecule has 1 aromatic rings. The summed E-state index contributed by atoms with van der Waals surface area (Å²) < 4.78 is 45.4. The maximum atomic E-state index is 14.6. The first-order valence-electron chi connectivity index (χ1n) is 8.75. The Hall–Kier alpha value is -2.95. The standard InChI is InChI=1S/C18H22FN5O4S/c1-18(10-29(26,27)24(2)17(20)23-18)13-8-11(4-5-14(13)19)22-16(25)15-9-12(28-3)6-7-21-15/h4-7,9,13H,8,10H2,1-3H3,(H2,20,23)(H,22,25)/t13?,18-/m0/s1. The van der Waals surface area contributed by atoms with Crippen molar-refractivity contribution >= 4 is 21.9 Å². The lowest BCUT2D eigenvalue weighted by molar-refractivity contribution is 0.0956. The number of sulfonamides is 1. The zero-order valence-corrected chi connectivity index (χ0v) is 17.0. The fraction of sp³-hybridized carbons (Fsp3) is 0.389. The number of methoxy groups -OCH3 is 1. The molecule has 0 saturated heterocycles. The van der Waals surface area contributed by atoms with Gasteiger partial charge in [0.1, 0.15) is 17.3 Å². The fourth-order valence-corrected chi connectivity index (χ4v) is 4.84. The van der Waals surface area contributed by atoms with Gasteiger partial charge < -0.3 is 15.8 Å². The number of guanidine groups is 1. The van der Waals surface area contributed by atoms with Gasteiger partial charge in [-0.15, -0.1) is 0 Å². The van der Waals surface area contributed by atoms with E-state index in [2.05, 4.69) is 15.3 Å². The Bertz CT molecular complexity index is 1040. The average molecular weight is 423 g/mol. The first kappa shape index (κ1) is 20.8. The van der Waals surface area contributed by atoms with Crippen LogP contribution < -0.4 is 15.8 Å². The summed E-state index contributed by atoms with van der Waals surface area (Å²) in [5.41, 5.74) is 4.99. The molecule has 1 aliphatic carbocycles. The molecule has 1 aromatic heterocycles. The quantitative estimate of drug-likeness (QED) is 0.742. The first-order valence-corrected chi connectivity index (χ1v) is 10.4. The largest absolute Gasteiger partial charge is 0.497 e. The predicted octanol–water partition coefficient (Wildman–Crippen LogP) is 0.926. The van der Waals surface area contributed by atoms with Gasteiger partial charge in [0.25, 0.3) is 5.91 Å². The van der Waals surface area contributed by atoms with Gasteiger partial charge in [0.15, 0.2) is 0 Å². The van der Waals surface area contributed by atoms with Crippen molar-refractivity contribution in [1.82, 2.24) is 14.6 Å². The van der Waals surface area contributed by atoms with E-state index < -0.39 is 39.0 Å². The number of nitrogens with zero attached hydrogens (tertiary/aromatic N) is 3. The summed E-state index contributed by atoms with van der Waals surface area (Å²) in [5, 5.41) is 2.69. The molecule has 9 nitrogen and oxygen atoms in total. The normalized spacial score (nSPS) is 26.1. The van der Waals surface area contributed by atoms with E-state index in [0.717, 1.165) is 4.31 Å². The van der Waals surface area contributed by atoms with Crippen molar-refractivity contribution in [2.24, 2.45) is 16.6 Å². The van der Waals surface area contributed by atoms with Crippen molar-refractivity contribution in [1.29, 1.82) is 0 Å². The van der Waals surface area contributed by atoms with E-state index in [-0.39, 0.29) is 18.1 Å². The van der Waals surface area contributed by atoms with Crippen molar-refractivity contribution in [3.8, 4) is 5.75 Å². The zero-order chi connectivity index (χ0) is 21.4. The van der Waals surface area contributed by atoms with Gasteiger partial charge >= 0.3 is 0 Å². The lowest BCUT2D eigenvalue weighted by Crippen LogP contribution is -2.54. The molecule has 0 fully saturated rings. The second kappa shape index (κ2) is 7.47. The number of amides is 1. The van der Waals surface area contributed by atoms with Gasteiger partial charge in [-0.1, -0.05) is 0 Å². The molecule has 2 atom stereocenters. The molecular formula is C18H22FN5O4S. The van der Waals surface area contributed by atoms with Crippen LogP contribution in [0.25, 0.3) is 0 Å². The van der Waals surface area contributed by atoms with Gasteiger partial charge in [-0.3, -0.25) is 9.78 Å². The highest BCUT2D eigenvalue weighted by atomic mass is 32.2. The molecule has 0 aromatic carbocycles. The molecule has 3 rings (SSSR count). The van der Waals surface area contributed by atoms with Gasteiger partial charge in [0, 0.05) is 30.9 Å². The highest BCUT2D eigenvalue weighted by Gasteiger charge is 2.46. The number of nitrogens with one attached hydrogen (secondary N) is 1. The molecule has 1 aliphatic heterocycles. The molecule has 0 bridgehead atoms. The summed E-state index contributed by atoms with van der Waals surface area (Å²) in [6.07, 6.45) is 4.12. The Balaban J connectivity index is 1.83. The fourth-order valence-electron chi connectivity index (χ4n) is 3.32. The number of ether oxygens (including phenoxy) is 1. The number of rotatable bonds is 4. The molecule has 2 heterocycles. The van der Waals surface area contributed by atoms with Crippen LogP contribution in [-0.4, -0.2) is 55.0 Å². The van der Waals surface area contributed by atoms with Crippen molar-refractivity contribution < 1.29 is 22.3 Å². The molecule has 1 amide bonds. The SMILES string of the molecule is COc1ccnc(C(=O)NC2=CC=C(F)C([C@]3(C)CS(=O)(=O)N(C)C(N)=N3)C2)c1. The predicted molar refractivity (Wildman–Crippen MR) is 105 cm³/mol. The van der Waals surface area contributed by atoms with E-state index in [4.69, 9.17) is 10.5 Å². The zero-order valence-electron chi connectivity index (χ0n) is 16.2. The third-order valence-corrected chi connectivity index (χ3v) is 6.98. The number of pyridine rings is 1. The van der Waals surface area contributed by atoms with E-state index in [1.165, 1.54) is 45.5 Å². The monoisotopic (exact) mass is 423 g/mol. The molecule has 156 valence electrons. The van der Waals surface area contributed by atoms with Crippen LogP contribution in [-0.2, 0) is 10.0 Å². The average Bonchev–Trinajstić information content (AvgIpc) is 2.67. The Morgan fingerprint density at radius 1 is 1.45 bits per heavy atom. The maximum absolute atomic E-state index is 14.6. The number of halogens is 1. The van der Waals surface area contributed by atoms with Gasteiger partial charge in [0.2, 0.25) is 16.0 Å². The van der Waals surface area contributed by atoms with Gasteiger partial charge in [-0.25, -0.2) is 22.1 Å². The second-order valence-corrected chi connectivity index (χ2v) is 9.09. The molecule has 1 unspecified atom stereocenters. The second-order valence-electron chi connectivity index (χ2n) is 7.09. The van der Waals surface area contributed by atoms with Crippen LogP contribution in [0.1, 0.15) is 23.8 Å². The minimum atomic E-state index is -3.73. The van der Waals surface area contributed by atoms with Gasteiger partial charge in [-0.2, -0.15) is 0 Å². The Labute approximate surface area is 168 Å². The number of nitrogens with two attached hydrogens (primary N) is 1. The Kier molecular flexibility index (Phi) is 5.35. The summed E-state index contributed by atoms with van der Waals surface area (Å²) in [7, 11) is -0.957. The van der Waals surface area contributed by atoms with Crippen LogP contribution in [0.5, 0.6) is 5.75 Å². The van der Waals surface area contributed by atoms with E-state index in [1.807, 2.05) is 0 Å². The van der Waals surface area contributed by atoms with Crippen molar-refractivity contribution in [3.05, 3.63) is 47.7 Å². The minimum Gasteiger partial charge on any atom is -0.497 e. The minimum absolute atomic E-state index is 0.0462. The third-order valence-electron chi connectivity index (χ3n) is 5.01. The van der Waals surface area contributed by atoms with Crippen molar-refractivity contribution in [3.63, 3.8) is 0 Å². The first-order chi connectivity index (χ1) is 13.6. The number of aromatic nitrogens is 1. The van der Waals surface area contributed by atoms with E-state index in [0.29, 0.717) is 11.4 Å². The number of aliphatic imine (C=N–C) groups is 1. The Morgan fingerprint density at radius 3 is 2.83 bits per heavy atom. The summed E-state index contributed by atoms with van der Waals surface area (Å²) in [6, 6.07) is 3.08. The van der Waals surface area contributed by atoms with Crippen molar-refractivity contribution in [2.45, 2.75) is 18.9 Å². The topological polar surface area (TPSA) is 127 Å². The molecule has 0 saturated carbocycles. The van der Waals surface area contributed by atoms with E-state index in [9.17, 15) is 17.6 Å². The molecular weight excluding hydrogens is 401 g/mol. The molecule has 3 N–H and O–H groups in total. The van der Waals surface area contributed by atoms with Crippen LogP contribution >= 0.6 is 0 Å². The molecule has 11 heteroatoms. The number of hydrogen-bond acceptors (Lipinski definition) is 7. The summed E-state index contributed by atoms with van der Waals surface area (Å²) in [4.78, 5) is 20.7. The lowest BCUT2D eigenvalue weighted by Gasteiger charge is -2.40. The summed E-state index contributed by atoms with van der Waals surface area (Å²) in [6.45, 7) is 1.54. The number of hydrogen-bond donors (Lipinski definition) is 2. The molecule has 0 radical (unpaired) electrons. The van der Waals surface area contributed by atoms with Gasteiger partial charge in [0.05, 0.1) is 18.4 Å². The molecule has 29 heavy (non-hydrogen) atoms. The third kappa shape index (κ3) is 4.09. The Morgan fingerprint density at radius 2 is 2.17 bits per heavy atom. The highest BCUT2D eigenvalue weighted by Crippen LogP contribution is 2.39. The van der Waals surface area contributed by atoms with Crippen LogP contribution in [0.3, 0.4) is 0 Å². The van der Waals surface area contributed by atoms with E-state index in [1.54, 1.807) is 6.07 Å². The summed E-state index contributed by atoms with van der Waals surface area (Å²) >= 11 is 0. The van der Waals surface area contributed by atoms with Crippen molar-refractivity contribution in [2.75, 3.05) is 19.9 Å². The smallest absolute Gasteiger partial charge is 0.274 e. The summed E-state index contributed by atoms with van der Waals surface area (Å²) in [5.74, 6) is -2.05. The van der Waals surface area contributed by atoms with Crippen LogP contribution in [0.2, 0.25) is 0 Å². The lowest BCUT2D eigenvalue weighted by atomic mass is 9.81. The number of carbonyl (C=O) groups excluding carboxylic acids is 1. The number of allylic oxidation sites excluding steroid dienone is 3. The van der Waals surface area contributed by atoms with E-state index >= 15 is 0 Å². The molecule has 2 aliphatic rings. The number of carbonyl (C=O) groups is 1. The molecule has 0 spiro atoms. The van der Waals surface area contributed by atoms with Gasteiger partial charge in [-0.05, 0) is 31.6 Å². The van der Waals surface area contributed by atoms with Crippen LogP contribution in [0, 0.1) is 5.92 Å². The van der Waals surface area contributed by atoms with Crippen LogP contribution in [0.4, 0.5) is 4.39 Å².